The van der Waals surface area contributed by atoms with E-state index in [4.69, 9.17) is 16.3 Å². The number of aryl methyl sites for hydroxylation is 1. The number of aromatic hydroxyl groups is 1. The van der Waals surface area contributed by atoms with E-state index < -0.39 is 6.04 Å². The number of nitrogens with zero attached hydrogens (tertiary/aromatic N) is 2. The Morgan fingerprint density at radius 2 is 1.87 bits per heavy atom. The van der Waals surface area contributed by atoms with Crippen LogP contribution >= 0.6 is 11.6 Å². The first kappa shape index (κ1) is 22.4. The van der Waals surface area contributed by atoms with E-state index in [-0.39, 0.29) is 23.2 Å². The van der Waals surface area contributed by atoms with Crippen LogP contribution < -0.4 is 5.56 Å². The van der Waals surface area contributed by atoms with Crippen LogP contribution in [-0.2, 0) is 16.1 Å². The molecule has 2 aromatic rings. The Hall–Kier alpha value is -2.31. The standard InChI is InChI=1S/C23H29ClN2O4/c1-4-26-15(3)14-19(27)20(22(26)28)21(16-6-8-18(24)9-7-16)25-12-10-17(11-13-25)23(29)30-5-2/h6-9,14,17,21,27H,4-5,10-13H2,1-3H3/t21-/m1/s1. The van der Waals surface area contributed by atoms with Crippen molar-refractivity contribution in [2.45, 2.75) is 46.2 Å². The van der Waals surface area contributed by atoms with E-state index in [0.717, 1.165) is 11.3 Å². The monoisotopic (exact) mass is 432 g/mol. The fourth-order valence-electron chi connectivity index (χ4n) is 4.28. The highest BCUT2D eigenvalue weighted by Crippen LogP contribution is 2.35. The van der Waals surface area contributed by atoms with Gasteiger partial charge in [-0.05, 0) is 70.5 Å². The Balaban J connectivity index is 2.01. The first-order valence-electron chi connectivity index (χ1n) is 10.5. The number of carbonyl (C=O) groups is 1. The Morgan fingerprint density at radius 1 is 1.23 bits per heavy atom. The summed E-state index contributed by atoms with van der Waals surface area (Å²) in [6.07, 6.45) is 1.30. The summed E-state index contributed by atoms with van der Waals surface area (Å²) >= 11 is 6.08. The van der Waals surface area contributed by atoms with Crippen LogP contribution in [-0.4, -0.2) is 40.2 Å². The van der Waals surface area contributed by atoms with Crippen molar-refractivity contribution in [2.24, 2.45) is 5.92 Å². The number of carbonyl (C=O) groups excluding carboxylic acids is 1. The fraction of sp³-hybridized carbons (Fsp3) is 0.478. The summed E-state index contributed by atoms with van der Waals surface area (Å²) in [5.41, 5.74) is 1.77. The number of likely N-dealkylation sites (tertiary alicyclic amines) is 1. The molecule has 0 radical (unpaired) electrons. The molecule has 0 aliphatic carbocycles. The highest BCUT2D eigenvalue weighted by atomic mass is 35.5. The molecule has 1 aliphatic rings. The maximum Gasteiger partial charge on any atom is 0.309 e. The molecule has 1 N–H and O–H groups in total. The van der Waals surface area contributed by atoms with Crippen molar-refractivity contribution in [1.29, 1.82) is 0 Å². The molecule has 30 heavy (non-hydrogen) atoms. The number of halogens is 1. The Labute approximate surface area is 182 Å². The Bertz CT molecular complexity index is 947. The summed E-state index contributed by atoms with van der Waals surface area (Å²) in [7, 11) is 0. The molecule has 162 valence electrons. The van der Waals surface area contributed by atoms with Crippen LogP contribution in [0.5, 0.6) is 5.75 Å². The minimum atomic E-state index is -0.420. The number of aromatic nitrogens is 1. The first-order valence-corrected chi connectivity index (χ1v) is 10.8. The number of esters is 1. The zero-order chi connectivity index (χ0) is 21.8. The number of ether oxygens (including phenoxy) is 1. The van der Waals surface area contributed by atoms with Crippen LogP contribution in [0, 0.1) is 12.8 Å². The van der Waals surface area contributed by atoms with Gasteiger partial charge in [-0.15, -0.1) is 0 Å². The minimum absolute atomic E-state index is 0.00494. The van der Waals surface area contributed by atoms with Crippen LogP contribution in [0.1, 0.15) is 49.6 Å². The van der Waals surface area contributed by atoms with Crippen LogP contribution in [0.3, 0.4) is 0 Å². The van der Waals surface area contributed by atoms with E-state index >= 15 is 0 Å². The molecule has 1 aromatic carbocycles. The molecule has 0 spiro atoms. The third kappa shape index (κ3) is 4.55. The molecule has 1 aromatic heterocycles. The molecule has 0 amide bonds. The number of hydrogen-bond acceptors (Lipinski definition) is 5. The van der Waals surface area contributed by atoms with Crippen molar-refractivity contribution in [3.8, 4) is 5.75 Å². The van der Waals surface area contributed by atoms with Gasteiger partial charge in [0.15, 0.2) is 0 Å². The zero-order valence-electron chi connectivity index (χ0n) is 17.7. The molecule has 1 saturated heterocycles. The zero-order valence-corrected chi connectivity index (χ0v) is 18.5. The smallest absolute Gasteiger partial charge is 0.309 e. The lowest BCUT2D eigenvalue weighted by Crippen LogP contribution is -2.42. The van der Waals surface area contributed by atoms with Gasteiger partial charge in [-0.25, -0.2) is 0 Å². The lowest BCUT2D eigenvalue weighted by molar-refractivity contribution is -0.149. The third-order valence-electron chi connectivity index (χ3n) is 5.81. The second-order valence-electron chi connectivity index (χ2n) is 7.65. The van der Waals surface area contributed by atoms with E-state index in [9.17, 15) is 14.7 Å². The lowest BCUT2D eigenvalue weighted by atomic mass is 9.91. The summed E-state index contributed by atoms with van der Waals surface area (Å²) in [5.74, 6) is -0.299. The molecular formula is C23H29ClN2O4. The topological polar surface area (TPSA) is 71.8 Å². The van der Waals surface area contributed by atoms with E-state index in [1.807, 2.05) is 32.9 Å². The van der Waals surface area contributed by atoms with E-state index in [1.165, 1.54) is 0 Å². The van der Waals surface area contributed by atoms with Crippen molar-refractivity contribution < 1.29 is 14.6 Å². The van der Waals surface area contributed by atoms with Gasteiger partial charge in [-0.3, -0.25) is 14.5 Å². The molecule has 6 nitrogen and oxygen atoms in total. The molecule has 0 unspecified atom stereocenters. The minimum Gasteiger partial charge on any atom is -0.507 e. The highest BCUT2D eigenvalue weighted by molar-refractivity contribution is 6.30. The maximum absolute atomic E-state index is 13.3. The van der Waals surface area contributed by atoms with Crippen molar-refractivity contribution in [2.75, 3.05) is 19.7 Å². The quantitative estimate of drug-likeness (QED) is 0.701. The molecule has 0 saturated carbocycles. The molecule has 3 rings (SSSR count). The van der Waals surface area contributed by atoms with E-state index in [2.05, 4.69) is 4.90 Å². The van der Waals surface area contributed by atoms with Gasteiger partial charge in [-0.2, -0.15) is 0 Å². The summed E-state index contributed by atoms with van der Waals surface area (Å²) in [6.45, 7) is 7.68. The van der Waals surface area contributed by atoms with E-state index in [0.29, 0.717) is 49.7 Å². The SMILES string of the molecule is CCOC(=O)C1CCN([C@H](c2ccc(Cl)cc2)c2c(O)cc(C)n(CC)c2=O)CC1. The van der Waals surface area contributed by atoms with Crippen molar-refractivity contribution in [3.63, 3.8) is 0 Å². The average molecular weight is 433 g/mol. The second kappa shape index (κ2) is 9.67. The second-order valence-corrected chi connectivity index (χ2v) is 8.09. The van der Waals surface area contributed by atoms with Crippen LogP contribution in [0.2, 0.25) is 5.02 Å². The van der Waals surface area contributed by atoms with Gasteiger partial charge in [0.25, 0.3) is 5.56 Å². The first-order chi connectivity index (χ1) is 14.4. The summed E-state index contributed by atoms with van der Waals surface area (Å²) in [5, 5.41) is 11.4. The lowest BCUT2D eigenvalue weighted by Gasteiger charge is -2.37. The fourth-order valence-corrected chi connectivity index (χ4v) is 4.40. The summed E-state index contributed by atoms with van der Waals surface area (Å²) in [4.78, 5) is 27.6. The molecular weight excluding hydrogens is 404 g/mol. The number of pyridine rings is 1. The molecule has 1 fully saturated rings. The van der Waals surface area contributed by atoms with Crippen LogP contribution in [0.25, 0.3) is 0 Å². The van der Waals surface area contributed by atoms with Gasteiger partial charge in [0, 0.05) is 17.3 Å². The van der Waals surface area contributed by atoms with Crippen molar-refractivity contribution in [1.82, 2.24) is 9.47 Å². The predicted molar refractivity (Wildman–Crippen MR) is 117 cm³/mol. The van der Waals surface area contributed by atoms with Gasteiger partial charge in [-0.1, -0.05) is 23.7 Å². The molecule has 1 atom stereocenters. The van der Waals surface area contributed by atoms with Crippen LogP contribution in [0.15, 0.2) is 35.1 Å². The summed E-state index contributed by atoms with van der Waals surface area (Å²) in [6, 6.07) is 8.58. The predicted octanol–water partition coefficient (Wildman–Crippen LogP) is 3.90. The average Bonchev–Trinajstić information content (AvgIpc) is 2.72. The van der Waals surface area contributed by atoms with E-state index in [1.54, 1.807) is 22.8 Å². The Morgan fingerprint density at radius 3 is 2.43 bits per heavy atom. The van der Waals surface area contributed by atoms with Gasteiger partial charge in [0.1, 0.15) is 5.75 Å². The number of hydrogen-bond donors (Lipinski definition) is 1. The Kier molecular flexibility index (Phi) is 7.21. The van der Waals surface area contributed by atoms with Gasteiger partial charge in [0.2, 0.25) is 0 Å². The summed E-state index contributed by atoms with van der Waals surface area (Å²) < 4.78 is 6.85. The van der Waals surface area contributed by atoms with Crippen molar-refractivity contribution >= 4 is 17.6 Å². The van der Waals surface area contributed by atoms with Gasteiger partial charge in [0.05, 0.1) is 24.1 Å². The molecule has 1 aliphatic heterocycles. The van der Waals surface area contributed by atoms with Crippen molar-refractivity contribution in [3.05, 3.63) is 62.5 Å². The molecule has 7 heteroatoms. The largest absolute Gasteiger partial charge is 0.507 e. The normalized spacial score (nSPS) is 16.4. The maximum atomic E-state index is 13.3. The highest BCUT2D eigenvalue weighted by Gasteiger charge is 2.34. The molecule has 2 heterocycles. The molecule has 0 bridgehead atoms. The third-order valence-corrected chi connectivity index (χ3v) is 6.06. The number of piperidine rings is 1. The van der Waals surface area contributed by atoms with Crippen LogP contribution in [0.4, 0.5) is 0 Å². The number of benzene rings is 1. The van der Waals surface area contributed by atoms with Gasteiger partial charge >= 0.3 is 5.97 Å². The number of rotatable bonds is 6. The van der Waals surface area contributed by atoms with Gasteiger partial charge < -0.3 is 14.4 Å².